The first kappa shape index (κ1) is 11.7. The van der Waals surface area contributed by atoms with Crippen LogP contribution in [0.1, 0.15) is 37.8 Å². The molecule has 3 heteroatoms. The molecule has 1 fully saturated rings. The molecule has 0 bridgehead atoms. The summed E-state index contributed by atoms with van der Waals surface area (Å²) in [5.41, 5.74) is 1.50. The smallest absolute Gasteiger partial charge is 0.328 e. The van der Waals surface area contributed by atoms with E-state index in [1.807, 2.05) is 24.3 Å². The Balaban J connectivity index is 1.97. The van der Waals surface area contributed by atoms with Gasteiger partial charge in [0.15, 0.2) is 0 Å². The molecule has 2 aliphatic carbocycles. The maximum absolute atomic E-state index is 11.8. The first-order valence-corrected chi connectivity index (χ1v) is 6.55. The Hall–Kier alpha value is -1.35. The Bertz CT molecular complexity index is 509. The van der Waals surface area contributed by atoms with Gasteiger partial charge >= 0.3 is 5.97 Å². The van der Waals surface area contributed by atoms with Gasteiger partial charge < -0.3 is 5.11 Å². The quantitative estimate of drug-likeness (QED) is 0.859. The molecule has 18 heavy (non-hydrogen) atoms. The normalized spacial score (nSPS) is 32.0. The molecule has 2 aliphatic rings. The SMILES string of the molecule is CC1(C)CC1NC1(C(=O)O)CCc2ccccc21. The van der Waals surface area contributed by atoms with Crippen LogP contribution in [0.15, 0.2) is 24.3 Å². The van der Waals surface area contributed by atoms with Crippen molar-refractivity contribution in [1.29, 1.82) is 0 Å². The Labute approximate surface area is 107 Å². The highest BCUT2D eigenvalue weighted by Gasteiger charge is 2.54. The lowest BCUT2D eigenvalue weighted by molar-refractivity contribution is -0.145. The summed E-state index contributed by atoms with van der Waals surface area (Å²) in [5, 5.41) is 13.1. The van der Waals surface area contributed by atoms with Crippen molar-refractivity contribution in [2.75, 3.05) is 0 Å². The molecule has 2 N–H and O–H groups in total. The first-order chi connectivity index (χ1) is 8.46. The lowest BCUT2D eigenvalue weighted by atomic mass is 9.91. The predicted molar refractivity (Wildman–Crippen MR) is 69.4 cm³/mol. The molecule has 0 radical (unpaired) electrons. The second kappa shape index (κ2) is 3.58. The van der Waals surface area contributed by atoms with Gasteiger partial charge in [-0.3, -0.25) is 5.32 Å². The van der Waals surface area contributed by atoms with Gasteiger partial charge in [-0.2, -0.15) is 0 Å². The van der Waals surface area contributed by atoms with E-state index in [1.165, 1.54) is 5.56 Å². The Morgan fingerprint density at radius 2 is 2.06 bits per heavy atom. The van der Waals surface area contributed by atoms with Crippen molar-refractivity contribution in [3.63, 3.8) is 0 Å². The van der Waals surface area contributed by atoms with Crippen molar-refractivity contribution in [2.24, 2.45) is 5.41 Å². The summed E-state index contributed by atoms with van der Waals surface area (Å²) >= 11 is 0. The Morgan fingerprint density at radius 3 is 2.67 bits per heavy atom. The van der Waals surface area contributed by atoms with Crippen molar-refractivity contribution >= 4 is 5.97 Å². The number of rotatable bonds is 3. The van der Waals surface area contributed by atoms with Gasteiger partial charge in [-0.15, -0.1) is 0 Å². The topological polar surface area (TPSA) is 49.3 Å². The van der Waals surface area contributed by atoms with E-state index in [-0.39, 0.29) is 5.41 Å². The van der Waals surface area contributed by atoms with Gasteiger partial charge in [-0.05, 0) is 35.8 Å². The van der Waals surface area contributed by atoms with E-state index in [0.29, 0.717) is 12.5 Å². The van der Waals surface area contributed by atoms with Crippen LogP contribution >= 0.6 is 0 Å². The van der Waals surface area contributed by atoms with E-state index >= 15 is 0 Å². The van der Waals surface area contributed by atoms with Gasteiger partial charge in [-0.1, -0.05) is 38.1 Å². The summed E-state index contributed by atoms with van der Waals surface area (Å²) in [6.07, 6.45) is 2.57. The fourth-order valence-electron chi connectivity index (χ4n) is 3.06. The average molecular weight is 245 g/mol. The minimum absolute atomic E-state index is 0.236. The number of nitrogens with one attached hydrogen (secondary N) is 1. The number of hydrogen-bond donors (Lipinski definition) is 2. The number of hydrogen-bond acceptors (Lipinski definition) is 2. The zero-order valence-electron chi connectivity index (χ0n) is 10.9. The molecular formula is C15H19NO2. The third-order valence-corrected chi connectivity index (χ3v) is 4.55. The number of carbonyl (C=O) groups is 1. The maximum atomic E-state index is 11.8. The lowest BCUT2D eigenvalue weighted by Crippen LogP contribution is -2.49. The number of benzene rings is 1. The van der Waals surface area contributed by atoms with Crippen LogP contribution in [0.2, 0.25) is 0 Å². The van der Waals surface area contributed by atoms with Gasteiger partial charge in [0.05, 0.1) is 0 Å². The van der Waals surface area contributed by atoms with Crippen molar-refractivity contribution in [2.45, 2.75) is 44.7 Å². The van der Waals surface area contributed by atoms with E-state index in [0.717, 1.165) is 18.4 Å². The molecule has 0 saturated heterocycles. The molecule has 0 heterocycles. The molecule has 0 spiro atoms. The summed E-state index contributed by atoms with van der Waals surface area (Å²) < 4.78 is 0. The predicted octanol–water partition coefficient (Wildman–Crippen LogP) is 2.30. The van der Waals surface area contributed by atoms with Gasteiger partial charge in [0.1, 0.15) is 5.54 Å². The highest BCUT2D eigenvalue weighted by Crippen LogP contribution is 2.48. The molecule has 3 rings (SSSR count). The molecule has 0 aromatic heterocycles. The van der Waals surface area contributed by atoms with E-state index in [1.54, 1.807) is 0 Å². The summed E-state index contributed by atoms with van der Waals surface area (Å²) in [6, 6.07) is 8.23. The van der Waals surface area contributed by atoms with Crippen LogP contribution in [0.5, 0.6) is 0 Å². The van der Waals surface area contributed by atoms with E-state index in [9.17, 15) is 9.90 Å². The second-order valence-electron chi connectivity index (χ2n) is 6.26. The van der Waals surface area contributed by atoms with Crippen LogP contribution in [-0.2, 0) is 16.8 Å². The van der Waals surface area contributed by atoms with Crippen LogP contribution in [0.25, 0.3) is 0 Å². The number of aliphatic carboxylic acids is 1. The van der Waals surface area contributed by atoms with E-state index in [2.05, 4.69) is 19.2 Å². The lowest BCUT2D eigenvalue weighted by Gasteiger charge is -2.28. The molecular weight excluding hydrogens is 226 g/mol. The minimum Gasteiger partial charge on any atom is -0.480 e. The monoisotopic (exact) mass is 245 g/mol. The highest BCUT2D eigenvalue weighted by molar-refractivity contribution is 5.82. The van der Waals surface area contributed by atoms with Crippen molar-refractivity contribution in [1.82, 2.24) is 5.32 Å². The van der Waals surface area contributed by atoms with E-state index < -0.39 is 11.5 Å². The minimum atomic E-state index is -0.866. The summed E-state index contributed by atoms with van der Waals surface area (Å²) in [5.74, 6) is -0.741. The van der Waals surface area contributed by atoms with Crippen LogP contribution in [0, 0.1) is 5.41 Å². The number of aryl methyl sites for hydroxylation is 1. The molecule has 1 saturated carbocycles. The fourth-order valence-corrected chi connectivity index (χ4v) is 3.06. The third-order valence-electron chi connectivity index (χ3n) is 4.55. The van der Waals surface area contributed by atoms with Gasteiger partial charge in [0.2, 0.25) is 0 Å². The summed E-state index contributed by atoms with van der Waals surface area (Å²) in [4.78, 5) is 11.8. The van der Waals surface area contributed by atoms with E-state index in [4.69, 9.17) is 0 Å². The molecule has 0 aliphatic heterocycles. The van der Waals surface area contributed by atoms with Crippen LogP contribution in [0.3, 0.4) is 0 Å². The molecule has 96 valence electrons. The van der Waals surface area contributed by atoms with Crippen molar-refractivity contribution in [3.05, 3.63) is 35.4 Å². The fraction of sp³-hybridized carbons (Fsp3) is 0.533. The summed E-state index contributed by atoms with van der Waals surface area (Å²) in [6.45, 7) is 4.36. The van der Waals surface area contributed by atoms with Crippen molar-refractivity contribution in [3.8, 4) is 0 Å². The zero-order chi connectivity index (χ0) is 13.0. The average Bonchev–Trinajstić information content (AvgIpc) is 2.75. The molecule has 2 atom stereocenters. The second-order valence-corrected chi connectivity index (χ2v) is 6.26. The maximum Gasteiger partial charge on any atom is 0.328 e. The molecule has 0 amide bonds. The molecule has 2 unspecified atom stereocenters. The van der Waals surface area contributed by atoms with Crippen LogP contribution < -0.4 is 5.32 Å². The zero-order valence-corrected chi connectivity index (χ0v) is 10.9. The van der Waals surface area contributed by atoms with Crippen molar-refractivity contribution < 1.29 is 9.90 Å². The van der Waals surface area contributed by atoms with Gasteiger partial charge in [0.25, 0.3) is 0 Å². The Kier molecular flexibility index (Phi) is 2.33. The highest BCUT2D eigenvalue weighted by atomic mass is 16.4. The number of carboxylic acid groups (broad SMARTS) is 1. The van der Waals surface area contributed by atoms with Gasteiger partial charge in [0, 0.05) is 6.04 Å². The first-order valence-electron chi connectivity index (χ1n) is 6.55. The standard InChI is InChI=1S/C15H19NO2/c1-14(2)9-12(14)16-15(13(17)18)8-7-10-5-3-4-6-11(10)15/h3-6,12,16H,7-9H2,1-2H3,(H,17,18). The van der Waals surface area contributed by atoms with Gasteiger partial charge in [-0.25, -0.2) is 4.79 Å². The third kappa shape index (κ3) is 1.57. The Morgan fingerprint density at radius 1 is 1.39 bits per heavy atom. The largest absolute Gasteiger partial charge is 0.480 e. The number of carboxylic acids is 1. The molecule has 1 aromatic rings. The molecule has 1 aromatic carbocycles. The number of fused-ring (bicyclic) bond motifs is 1. The van der Waals surface area contributed by atoms with Crippen LogP contribution in [-0.4, -0.2) is 17.1 Å². The van der Waals surface area contributed by atoms with Crippen LogP contribution in [0.4, 0.5) is 0 Å². The molecule has 3 nitrogen and oxygen atoms in total. The summed E-state index contributed by atoms with van der Waals surface area (Å²) in [7, 11) is 0.